The summed E-state index contributed by atoms with van der Waals surface area (Å²) < 4.78 is 16.2. The first-order valence-electron chi connectivity index (χ1n) is 9.64. The van der Waals surface area contributed by atoms with Gasteiger partial charge in [0.15, 0.2) is 0 Å². The molecule has 3 aromatic rings. The Morgan fingerprint density at radius 1 is 1.10 bits per heavy atom. The van der Waals surface area contributed by atoms with E-state index in [1.807, 2.05) is 54.3 Å². The van der Waals surface area contributed by atoms with Crippen molar-refractivity contribution in [2.24, 2.45) is 0 Å². The van der Waals surface area contributed by atoms with Gasteiger partial charge in [0.25, 0.3) is 5.91 Å². The van der Waals surface area contributed by atoms with Crippen molar-refractivity contribution in [1.82, 2.24) is 10.1 Å². The molecule has 1 amide bonds. The number of hydrogen-bond donors (Lipinski definition) is 0. The van der Waals surface area contributed by atoms with Crippen molar-refractivity contribution in [3.8, 4) is 22.8 Å². The van der Waals surface area contributed by atoms with Crippen LogP contribution in [0.25, 0.3) is 11.3 Å². The highest BCUT2D eigenvalue weighted by Crippen LogP contribution is 2.33. The summed E-state index contributed by atoms with van der Waals surface area (Å²) in [4.78, 5) is 15.0. The zero-order valence-corrected chi connectivity index (χ0v) is 16.8. The molecule has 0 bridgehead atoms. The van der Waals surface area contributed by atoms with Crippen molar-refractivity contribution in [3.05, 3.63) is 65.4 Å². The van der Waals surface area contributed by atoms with Crippen LogP contribution in [-0.2, 0) is 6.54 Å². The third-order valence-corrected chi connectivity index (χ3v) is 5.15. The molecule has 1 aliphatic carbocycles. The average Bonchev–Trinajstić information content (AvgIpc) is 3.47. The molecule has 6 nitrogen and oxygen atoms in total. The van der Waals surface area contributed by atoms with E-state index in [0.29, 0.717) is 12.2 Å². The van der Waals surface area contributed by atoms with Gasteiger partial charge in [0.2, 0.25) is 5.76 Å². The van der Waals surface area contributed by atoms with Gasteiger partial charge < -0.3 is 18.9 Å². The van der Waals surface area contributed by atoms with E-state index in [2.05, 4.69) is 5.16 Å². The normalized spacial score (nSPS) is 13.2. The van der Waals surface area contributed by atoms with Gasteiger partial charge in [-0.1, -0.05) is 35.0 Å². The van der Waals surface area contributed by atoms with Gasteiger partial charge in [-0.05, 0) is 38.0 Å². The lowest BCUT2D eigenvalue weighted by Crippen LogP contribution is -2.32. The zero-order valence-electron chi connectivity index (χ0n) is 16.8. The van der Waals surface area contributed by atoms with E-state index in [9.17, 15) is 4.79 Å². The summed E-state index contributed by atoms with van der Waals surface area (Å²) in [5.74, 6) is 1.53. The maximum absolute atomic E-state index is 13.2. The molecule has 0 radical (unpaired) electrons. The molecular formula is C23H24N2O4. The van der Waals surface area contributed by atoms with Crippen LogP contribution >= 0.6 is 0 Å². The Labute approximate surface area is 170 Å². The molecule has 1 aromatic heterocycles. The number of aromatic nitrogens is 1. The summed E-state index contributed by atoms with van der Waals surface area (Å²) in [7, 11) is 3.25. The Balaban J connectivity index is 1.58. The molecule has 1 heterocycles. The minimum absolute atomic E-state index is 0.164. The fourth-order valence-electron chi connectivity index (χ4n) is 3.32. The van der Waals surface area contributed by atoms with E-state index in [-0.39, 0.29) is 17.7 Å². The van der Waals surface area contributed by atoms with E-state index in [0.717, 1.165) is 35.5 Å². The number of carbonyl (C=O) groups excluding carboxylic acids is 1. The quantitative estimate of drug-likeness (QED) is 0.593. The van der Waals surface area contributed by atoms with Crippen LogP contribution in [0.2, 0.25) is 0 Å². The van der Waals surface area contributed by atoms with Crippen LogP contribution in [0.15, 0.2) is 53.1 Å². The largest absolute Gasteiger partial charge is 0.497 e. The number of carbonyl (C=O) groups is 1. The molecule has 6 heteroatoms. The fraction of sp³-hybridized carbons (Fsp3) is 0.304. The molecule has 2 aromatic carbocycles. The van der Waals surface area contributed by atoms with Gasteiger partial charge in [0, 0.05) is 23.2 Å². The van der Waals surface area contributed by atoms with Crippen molar-refractivity contribution >= 4 is 5.91 Å². The van der Waals surface area contributed by atoms with Crippen molar-refractivity contribution in [2.75, 3.05) is 14.2 Å². The second-order valence-corrected chi connectivity index (χ2v) is 7.28. The smallest absolute Gasteiger partial charge is 0.293 e. The van der Waals surface area contributed by atoms with E-state index >= 15 is 0 Å². The Bertz CT molecular complexity index is 1010. The fourth-order valence-corrected chi connectivity index (χ4v) is 3.32. The number of amides is 1. The van der Waals surface area contributed by atoms with Crippen LogP contribution in [0.1, 0.15) is 34.5 Å². The summed E-state index contributed by atoms with van der Waals surface area (Å²) in [6, 6.07) is 15.5. The Morgan fingerprint density at radius 2 is 1.86 bits per heavy atom. The number of nitrogens with zero attached hydrogens (tertiary/aromatic N) is 2. The van der Waals surface area contributed by atoms with Crippen molar-refractivity contribution in [3.63, 3.8) is 0 Å². The van der Waals surface area contributed by atoms with Crippen LogP contribution in [0.4, 0.5) is 0 Å². The summed E-state index contributed by atoms with van der Waals surface area (Å²) >= 11 is 0. The van der Waals surface area contributed by atoms with Gasteiger partial charge in [0.05, 0.1) is 20.8 Å². The van der Waals surface area contributed by atoms with Crippen molar-refractivity contribution in [1.29, 1.82) is 0 Å². The Morgan fingerprint density at radius 3 is 2.52 bits per heavy atom. The molecule has 4 rings (SSSR count). The van der Waals surface area contributed by atoms with Gasteiger partial charge in [-0.3, -0.25) is 4.79 Å². The number of methoxy groups -OCH3 is 2. The predicted molar refractivity (Wildman–Crippen MR) is 109 cm³/mol. The number of benzene rings is 2. The molecular weight excluding hydrogens is 368 g/mol. The first-order valence-corrected chi connectivity index (χ1v) is 9.64. The number of ether oxygens (including phenoxy) is 2. The van der Waals surface area contributed by atoms with Gasteiger partial charge in [-0.15, -0.1) is 0 Å². The molecule has 0 unspecified atom stereocenters. The number of aryl methyl sites for hydroxylation is 1. The highest BCUT2D eigenvalue weighted by molar-refractivity contribution is 5.93. The Kier molecular flexibility index (Phi) is 5.25. The summed E-state index contributed by atoms with van der Waals surface area (Å²) in [6.45, 7) is 2.45. The van der Waals surface area contributed by atoms with E-state index in [4.69, 9.17) is 14.0 Å². The molecule has 0 aliphatic heterocycles. The second-order valence-electron chi connectivity index (χ2n) is 7.28. The molecule has 1 aliphatic rings. The first kappa shape index (κ1) is 19.1. The van der Waals surface area contributed by atoms with Crippen LogP contribution in [-0.4, -0.2) is 36.2 Å². The molecule has 0 N–H and O–H groups in total. The number of rotatable bonds is 7. The van der Waals surface area contributed by atoms with E-state index in [1.165, 1.54) is 5.56 Å². The minimum atomic E-state index is -0.164. The van der Waals surface area contributed by atoms with Crippen LogP contribution in [0.5, 0.6) is 11.5 Å². The van der Waals surface area contributed by atoms with Gasteiger partial charge in [0.1, 0.15) is 17.2 Å². The summed E-state index contributed by atoms with van der Waals surface area (Å²) in [6.07, 6.45) is 1.97. The minimum Gasteiger partial charge on any atom is -0.497 e. The molecule has 0 atom stereocenters. The van der Waals surface area contributed by atoms with Crippen LogP contribution in [0.3, 0.4) is 0 Å². The van der Waals surface area contributed by atoms with Crippen molar-refractivity contribution in [2.45, 2.75) is 32.4 Å². The van der Waals surface area contributed by atoms with Gasteiger partial charge >= 0.3 is 0 Å². The van der Waals surface area contributed by atoms with Crippen LogP contribution < -0.4 is 9.47 Å². The molecule has 0 spiro atoms. The first-order chi connectivity index (χ1) is 14.1. The monoisotopic (exact) mass is 392 g/mol. The number of hydrogen-bond acceptors (Lipinski definition) is 5. The van der Waals surface area contributed by atoms with E-state index < -0.39 is 0 Å². The molecule has 29 heavy (non-hydrogen) atoms. The van der Waals surface area contributed by atoms with Gasteiger partial charge in [-0.25, -0.2) is 0 Å². The lowest BCUT2D eigenvalue weighted by atomic mass is 10.1. The maximum Gasteiger partial charge on any atom is 0.293 e. The molecule has 150 valence electrons. The standard InChI is InChI=1S/C23H24N2O4/c1-15-4-6-16(7-5-15)20-13-22(29-24-20)23(26)25(18-8-9-18)14-17-12-19(27-2)10-11-21(17)28-3/h4-7,10-13,18H,8-9,14H2,1-3H3. The topological polar surface area (TPSA) is 64.8 Å². The molecule has 1 fully saturated rings. The lowest BCUT2D eigenvalue weighted by Gasteiger charge is -2.22. The SMILES string of the molecule is COc1ccc(OC)c(CN(C(=O)c2cc(-c3ccc(C)cc3)no2)C2CC2)c1. The third-order valence-electron chi connectivity index (χ3n) is 5.15. The van der Waals surface area contributed by atoms with Crippen molar-refractivity contribution < 1.29 is 18.8 Å². The highest BCUT2D eigenvalue weighted by Gasteiger charge is 2.35. The average molecular weight is 392 g/mol. The second kappa shape index (κ2) is 7.99. The third kappa shape index (κ3) is 4.11. The summed E-state index contributed by atoms with van der Waals surface area (Å²) in [5, 5.41) is 4.10. The molecule has 1 saturated carbocycles. The lowest BCUT2D eigenvalue weighted by molar-refractivity contribution is 0.0686. The van der Waals surface area contributed by atoms with Gasteiger partial charge in [-0.2, -0.15) is 0 Å². The van der Waals surface area contributed by atoms with E-state index in [1.54, 1.807) is 20.3 Å². The summed E-state index contributed by atoms with van der Waals surface area (Å²) in [5.41, 5.74) is 3.64. The predicted octanol–water partition coefficient (Wildman–Crippen LogP) is 4.47. The van der Waals surface area contributed by atoms with Crippen LogP contribution in [0, 0.1) is 6.92 Å². The molecule has 0 saturated heterocycles. The maximum atomic E-state index is 13.2. The zero-order chi connectivity index (χ0) is 20.4. The Hall–Kier alpha value is -3.28. The highest BCUT2D eigenvalue weighted by atomic mass is 16.5.